The summed E-state index contributed by atoms with van der Waals surface area (Å²) in [5.41, 5.74) is 3.55. The van der Waals surface area contributed by atoms with Gasteiger partial charge in [-0.05, 0) is 54.0 Å². The highest BCUT2D eigenvalue weighted by molar-refractivity contribution is 6.32. The van der Waals surface area contributed by atoms with Crippen molar-refractivity contribution in [3.63, 3.8) is 0 Å². The number of likely N-dealkylation sites (tertiary alicyclic amines) is 1. The maximum atomic E-state index is 9.93. The van der Waals surface area contributed by atoms with Crippen molar-refractivity contribution >= 4 is 23.2 Å². The summed E-state index contributed by atoms with van der Waals surface area (Å²) in [6.45, 7) is 6.72. The van der Waals surface area contributed by atoms with E-state index in [1.807, 2.05) is 6.20 Å². The average Bonchev–Trinajstić information content (AvgIpc) is 2.62. The lowest BCUT2D eigenvalue weighted by Crippen LogP contribution is -2.37. The van der Waals surface area contributed by atoms with Crippen LogP contribution in [0.2, 0.25) is 10.3 Å². The molecule has 1 saturated heterocycles. The third-order valence-corrected chi connectivity index (χ3v) is 5.01. The van der Waals surface area contributed by atoms with Crippen molar-refractivity contribution in [1.82, 2.24) is 19.9 Å². The predicted octanol–water partition coefficient (Wildman–Crippen LogP) is 3.66. The van der Waals surface area contributed by atoms with Crippen LogP contribution in [0, 0.1) is 11.8 Å². The van der Waals surface area contributed by atoms with E-state index < -0.39 is 0 Å². The minimum Gasteiger partial charge on any atom is -0.392 e. The predicted molar refractivity (Wildman–Crippen MR) is 107 cm³/mol. The molecular weight excluding hydrogens is 383 g/mol. The topological polar surface area (TPSA) is 62.1 Å². The van der Waals surface area contributed by atoms with E-state index in [4.69, 9.17) is 23.2 Å². The Balaban J connectivity index is 1.92. The summed E-state index contributed by atoms with van der Waals surface area (Å²) in [7, 11) is 0. The molecule has 0 aliphatic carbocycles. The smallest absolute Gasteiger partial charge is 0.223 e. The molecule has 2 aromatic rings. The van der Waals surface area contributed by atoms with Gasteiger partial charge in [-0.2, -0.15) is 0 Å². The first-order chi connectivity index (χ1) is 12.9. The molecule has 7 heteroatoms. The third-order valence-electron chi connectivity index (χ3n) is 4.55. The zero-order valence-corrected chi connectivity index (χ0v) is 16.9. The van der Waals surface area contributed by atoms with Crippen LogP contribution in [0.1, 0.15) is 55.0 Å². The lowest BCUT2D eigenvalue weighted by atomic mass is 9.93. The molecule has 1 atom stereocenters. The first-order valence-electron chi connectivity index (χ1n) is 9.01. The molecule has 3 rings (SSSR count). The Labute approximate surface area is 169 Å². The SMILES string of the molecule is CC(C)c1c(C#Cc2nc(Cl)ncc2Cl)cncc1CN1CCC[C@H](O)C1. The molecule has 1 aliphatic heterocycles. The number of hydrogen-bond donors (Lipinski definition) is 1. The lowest BCUT2D eigenvalue weighted by Gasteiger charge is -2.31. The molecular formula is C20H22Cl2N4O. The number of aromatic nitrogens is 3. The second-order valence-electron chi connectivity index (χ2n) is 7.03. The van der Waals surface area contributed by atoms with Gasteiger partial charge >= 0.3 is 0 Å². The number of hydrogen-bond acceptors (Lipinski definition) is 5. The number of pyridine rings is 1. The molecule has 1 fully saturated rings. The first kappa shape index (κ1) is 20.0. The van der Waals surface area contributed by atoms with E-state index in [9.17, 15) is 5.11 Å². The molecule has 3 heterocycles. The fourth-order valence-corrected chi connectivity index (χ4v) is 3.67. The largest absolute Gasteiger partial charge is 0.392 e. The van der Waals surface area contributed by atoms with Gasteiger partial charge in [0.05, 0.1) is 17.3 Å². The molecule has 0 saturated carbocycles. The van der Waals surface area contributed by atoms with Crippen LogP contribution in [0.15, 0.2) is 18.6 Å². The average molecular weight is 405 g/mol. The van der Waals surface area contributed by atoms with Crippen molar-refractivity contribution in [2.45, 2.75) is 45.3 Å². The van der Waals surface area contributed by atoms with Crippen molar-refractivity contribution in [3.8, 4) is 11.8 Å². The fraction of sp³-hybridized carbons (Fsp3) is 0.450. The number of nitrogens with zero attached hydrogens (tertiary/aromatic N) is 4. The summed E-state index contributed by atoms with van der Waals surface area (Å²) in [5.74, 6) is 6.43. The first-order valence-corrected chi connectivity index (χ1v) is 9.77. The van der Waals surface area contributed by atoms with Gasteiger partial charge in [0.15, 0.2) is 0 Å². The molecule has 142 valence electrons. The molecule has 1 N–H and O–H groups in total. The van der Waals surface area contributed by atoms with Gasteiger partial charge in [-0.1, -0.05) is 31.4 Å². The van der Waals surface area contributed by atoms with Crippen molar-refractivity contribution in [2.75, 3.05) is 13.1 Å². The van der Waals surface area contributed by atoms with Gasteiger partial charge in [0.1, 0.15) is 5.69 Å². The Kier molecular flexibility index (Phi) is 6.67. The van der Waals surface area contributed by atoms with E-state index in [0.29, 0.717) is 17.3 Å². The molecule has 2 aromatic heterocycles. The monoisotopic (exact) mass is 404 g/mol. The Bertz CT molecular complexity index is 876. The van der Waals surface area contributed by atoms with E-state index in [1.165, 1.54) is 6.20 Å². The van der Waals surface area contributed by atoms with Crippen LogP contribution in [0.25, 0.3) is 0 Å². The second kappa shape index (κ2) is 8.99. The van der Waals surface area contributed by atoms with Gasteiger partial charge in [-0.25, -0.2) is 9.97 Å². The summed E-state index contributed by atoms with van der Waals surface area (Å²) in [4.78, 5) is 14.6. The van der Waals surface area contributed by atoms with Gasteiger partial charge in [-0.15, -0.1) is 0 Å². The van der Waals surface area contributed by atoms with Crippen LogP contribution >= 0.6 is 23.2 Å². The van der Waals surface area contributed by atoms with Crippen molar-refractivity contribution in [1.29, 1.82) is 0 Å². The Morgan fingerprint density at radius 2 is 2.07 bits per heavy atom. The Hall–Kier alpha value is -1.71. The summed E-state index contributed by atoms with van der Waals surface area (Å²) < 4.78 is 0. The van der Waals surface area contributed by atoms with E-state index in [-0.39, 0.29) is 17.3 Å². The third kappa shape index (κ3) is 5.18. The maximum Gasteiger partial charge on any atom is 0.223 e. The summed E-state index contributed by atoms with van der Waals surface area (Å²) in [6, 6.07) is 0. The van der Waals surface area contributed by atoms with Crippen LogP contribution in [0.4, 0.5) is 0 Å². The highest BCUT2D eigenvalue weighted by Crippen LogP contribution is 2.25. The maximum absolute atomic E-state index is 9.93. The molecule has 0 radical (unpaired) electrons. The number of halogens is 2. The quantitative estimate of drug-likeness (QED) is 0.624. The van der Waals surface area contributed by atoms with E-state index in [0.717, 1.165) is 42.6 Å². The highest BCUT2D eigenvalue weighted by atomic mass is 35.5. The van der Waals surface area contributed by atoms with Crippen LogP contribution in [0.5, 0.6) is 0 Å². The van der Waals surface area contributed by atoms with Gasteiger partial charge in [0.2, 0.25) is 5.28 Å². The van der Waals surface area contributed by atoms with E-state index in [2.05, 4.69) is 45.5 Å². The van der Waals surface area contributed by atoms with Gasteiger partial charge in [0.25, 0.3) is 0 Å². The molecule has 0 amide bonds. The minimum absolute atomic E-state index is 0.114. The minimum atomic E-state index is -0.248. The highest BCUT2D eigenvalue weighted by Gasteiger charge is 2.20. The lowest BCUT2D eigenvalue weighted by molar-refractivity contribution is 0.0666. The van der Waals surface area contributed by atoms with Crippen molar-refractivity contribution < 1.29 is 5.11 Å². The summed E-state index contributed by atoms with van der Waals surface area (Å²) in [6.07, 6.45) is 6.75. The molecule has 27 heavy (non-hydrogen) atoms. The Morgan fingerprint density at radius 3 is 2.81 bits per heavy atom. The van der Waals surface area contributed by atoms with Crippen LogP contribution in [0.3, 0.4) is 0 Å². The van der Waals surface area contributed by atoms with Gasteiger partial charge in [0, 0.05) is 31.0 Å². The molecule has 0 spiro atoms. The molecule has 1 aliphatic rings. The van der Waals surface area contributed by atoms with Crippen LogP contribution in [-0.4, -0.2) is 44.2 Å². The molecule has 0 bridgehead atoms. The number of aliphatic hydroxyl groups excluding tert-OH is 1. The number of aliphatic hydroxyl groups is 1. The normalized spacial score (nSPS) is 17.6. The Morgan fingerprint density at radius 1 is 1.26 bits per heavy atom. The van der Waals surface area contributed by atoms with Crippen LogP contribution in [-0.2, 0) is 6.54 Å². The molecule has 0 unspecified atom stereocenters. The van der Waals surface area contributed by atoms with Crippen LogP contribution < -0.4 is 0 Å². The van der Waals surface area contributed by atoms with E-state index >= 15 is 0 Å². The second-order valence-corrected chi connectivity index (χ2v) is 7.78. The van der Waals surface area contributed by atoms with Crippen molar-refractivity contribution in [3.05, 3.63) is 51.3 Å². The summed E-state index contributed by atoms with van der Waals surface area (Å²) >= 11 is 11.9. The standard InChI is InChI=1S/C20H22Cl2N4O/c1-13(2)19-14(5-6-18-17(21)10-24-20(22)25-18)8-23-9-15(19)11-26-7-3-4-16(27)12-26/h8-10,13,16,27H,3-4,7,11-12H2,1-2H3/t16-/m0/s1. The van der Waals surface area contributed by atoms with Crippen molar-refractivity contribution in [2.24, 2.45) is 0 Å². The number of piperidine rings is 1. The molecule has 0 aromatic carbocycles. The zero-order chi connectivity index (χ0) is 19.4. The summed E-state index contributed by atoms with van der Waals surface area (Å²) in [5, 5.41) is 10.4. The molecule has 5 nitrogen and oxygen atoms in total. The van der Waals surface area contributed by atoms with Gasteiger partial charge in [-0.3, -0.25) is 9.88 Å². The van der Waals surface area contributed by atoms with E-state index in [1.54, 1.807) is 6.20 Å². The number of rotatable bonds is 3. The zero-order valence-electron chi connectivity index (χ0n) is 15.4. The fourth-order valence-electron chi connectivity index (χ4n) is 3.40. The number of β-amino-alcohol motifs (C(OH)–C–C–N with tert-alkyl or cyclic N) is 1. The van der Waals surface area contributed by atoms with Gasteiger partial charge < -0.3 is 5.11 Å².